The predicted octanol–water partition coefficient (Wildman–Crippen LogP) is 1.43. The summed E-state index contributed by atoms with van der Waals surface area (Å²) in [6.45, 7) is 3.95. The molecule has 0 spiro atoms. The zero-order chi connectivity index (χ0) is 12.6. The van der Waals surface area contributed by atoms with Gasteiger partial charge in [-0.05, 0) is 18.3 Å². The summed E-state index contributed by atoms with van der Waals surface area (Å²) in [6.07, 6.45) is 4.90. The van der Waals surface area contributed by atoms with Crippen LogP contribution in [0.15, 0.2) is 0 Å². The summed E-state index contributed by atoms with van der Waals surface area (Å²) in [5.41, 5.74) is 5.86. The second-order valence-corrected chi connectivity index (χ2v) is 6.19. The Morgan fingerprint density at radius 2 is 1.65 bits per heavy atom. The van der Waals surface area contributed by atoms with E-state index in [0.29, 0.717) is 12.8 Å². The van der Waals surface area contributed by atoms with E-state index in [-0.39, 0.29) is 29.3 Å². The number of rotatable bonds is 1. The average Bonchev–Trinajstić information content (AvgIpc) is 2.17. The molecule has 0 aromatic heterocycles. The maximum absolute atomic E-state index is 12.1. The molecular formula is C13H22N2O2. The van der Waals surface area contributed by atoms with Crippen LogP contribution in [0.1, 0.15) is 52.4 Å². The first kappa shape index (κ1) is 12.6. The van der Waals surface area contributed by atoms with Crippen molar-refractivity contribution < 1.29 is 9.59 Å². The van der Waals surface area contributed by atoms with Crippen molar-refractivity contribution in [2.24, 2.45) is 11.1 Å². The zero-order valence-electron chi connectivity index (χ0n) is 10.7. The minimum Gasteiger partial charge on any atom is -0.326 e. The number of carbonyl (C=O) groups is 2. The molecule has 2 aliphatic rings. The number of piperidine rings is 1. The monoisotopic (exact) mass is 238 g/mol. The SMILES string of the molecule is CC1(C)CC(=O)N(C2CCCCC2N)C(=O)C1. The number of nitrogens with zero attached hydrogens (tertiary/aromatic N) is 1. The van der Waals surface area contributed by atoms with Crippen molar-refractivity contribution in [3.05, 3.63) is 0 Å². The maximum atomic E-state index is 12.1. The smallest absolute Gasteiger partial charge is 0.230 e. The number of hydrogen-bond acceptors (Lipinski definition) is 3. The molecule has 0 aromatic carbocycles. The number of carbonyl (C=O) groups excluding carboxylic acids is 2. The molecule has 0 bridgehead atoms. The van der Waals surface area contributed by atoms with Gasteiger partial charge in [0.05, 0.1) is 6.04 Å². The zero-order valence-corrected chi connectivity index (χ0v) is 10.7. The Kier molecular flexibility index (Phi) is 3.25. The highest BCUT2D eigenvalue weighted by molar-refractivity contribution is 5.98. The molecule has 0 radical (unpaired) electrons. The van der Waals surface area contributed by atoms with Gasteiger partial charge in [-0.1, -0.05) is 26.7 Å². The number of nitrogens with two attached hydrogens (primary N) is 1. The van der Waals surface area contributed by atoms with Gasteiger partial charge in [0.2, 0.25) is 11.8 Å². The van der Waals surface area contributed by atoms with E-state index in [1.165, 1.54) is 4.90 Å². The second-order valence-electron chi connectivity index (χ2n) is 6.19. The van der Waals surface area contributed by atoms with Gasteiger partial charge in [0.25, 0.3) is 0 Å². The molecule has 0 aromatic rings. The van der Waals surface area contributed by atoms with Crippen LogP contribution in [0.4, 0.5) is 0 Å². The third-order valence-electron chi connectivity index (χ3n) is 3.91. The molecule has 2 atom stereocenters. The summed E-state index contributed by atoms with van der Waals surface area (Å²) in [6, 6.07) is -0.0855. The van der Waals surface area contributed by atoms with E-state index in [4.69, 9.17) is 5.73 Å². The van der Waals surface area contributed by atoms with E-state index in [0.717, 1.165) is 25.7 Å². The first-order chi connectivity index (χ1) is 7.91. The van der Waals surface area contributed by atoms with Crippen LogP contribution >= 0.6 is 0 Å². The van der Waals surface area contributed by atoms with E-state index < -0.39 is 0 Å². The van der Waals surface area contributed by atoms with Gasteiger partial charge in [0.1, 0.15) is 0 Å². The van der Waals surface area contributed by atoms with Gasteiger partial charge in [-0.3, -0.25) is 14.5 Å². The van der Waals surface area contributed by atoms with Crippen molar-refractivity contribution in [3.8, 4) is 0 Å². The van der Waals surface area contributed by atoms with Gasteiger partial charge in [-0.2, -0.15) is 0 Å². The quantitative estimate of drug-likeness (QED) is 0.703. The number of imide groups is 1. The first-order valence-corrected chi connectivity index (χ1v) is 6.51. The van der Waals surface area contributed by atoms with Crippen molar-refractivity contribution in [3.63, 3.8) is 0 Å². The first-order valence-electron chi connectivity index (χ1n) is 6.51. The Morgan fingerprint density at radius 3 is 2.18 bits per heavy atom. The molecule has 4 heteroatoms. The van der Waals surface area contributed by atoms with Gasteiger partial charge >= 0.3 is 0 Å². The van der Waals surface area contributed by atoms with Crippen LogP contribution in [-0.4, -0.2) is 28.8 Å². The molecule has 1 heterocycles. The fourth-order valence-electron chi connectivity index (χ4n) is 3.02. The summed E-state index contributed by atoms with van der Waals surface area (Å²) >= 11 is 0. The molecule has 1 aliphatic heterocycles. The minimum absolute atomic E-state index is 0.0298. The highest BCUT2D eigenvalue weighted by Gasteiger charge is 2.42. The Bertz CT molecular complexity index is 318. The molecule has 2 unspecified atom stereocenters. The van der Waals surface area contributed by atoms with Crippen LogP contribution in [0.2, 0.25) is 0 Å². The average molecular weight is 238 g/mol. The summed E-state index contributed by atoms with van der Waals surface area (Å²) in [5.74, 6) is -0.0674. The standard InChI is InChI=1S/C13H22N2O2/c1-13(2)7-11(16)15(12(17)8-13)10-6-4-3-5-9(10)14/h9-10H,3-8,14H2,1-2H3. The molecule has 2 rings (SSSR count). The van der Waals surface area contributed by atoms with Crippen LogP contribution in [-0.2, 0) is 9.59 Å². The molecule has 96 valence electrons. The van der Waals surface area contributed by atoms with Crippen LogP contribution in [0.25, 0.3) is 0 Å². The van der Waals surface area contributed by atoms with E-state index >= 15 is 0 Å². The van der Waals surface area contributed by atoms with Gasteiger partial charge in [0, 0.05) is 18.9 Å². The van der Waals surface area contributed by atoms with E-state index in [2.05, 4.69) is 0 Å². The van der Waals surface area contributed by atoms with Crippen LogP contribution in [0.3, 0.4) is 0 Å². The Hall–Kier alpha value is -0.900. The highest BCUT2D eigenvalue weighted by atomic mass is 16.2. The summed E-state index contributed by atoms with van der Waals surface area (Å²) in [5, 5.41) is 0. The Balaban J connectivity index is 2.15. The normalized spacial score (nSPS) is 33.9. The summed E-state index contributed by atoms with van der Waals surface area (Å²) < 4.78 is 0. The third-order valence-corrected chi connectivity index (χ3v) is 3.91. The lowest BCUT2D eigenvalue weighted by molar-refractivity contribution is -0.156. The third kappa shape index (κ3) is 2.51. The van der Waals surface area contributed by atoms with Crippen molar-refractivity contribution in [2.75, 3.05) is 0 Å². The van der Waals surface area contributed by atoms with Crippen LogP contribution < -0.4 is 5.73 Å². The molecule has 2 N–H and O–H groups in total. The number of likely N-dealkylation sites (tertiary alicyclic amines) is 1. The fourth-order valence-corrected chi connectivity index (χ4v) is 3.02. The lowest BCUT2D eigenvalue weighted by Crippen LogP contribution is -2.57. The molecule has 1 saturated heterocycles. The van der Waals surface area contributed by atoms with Gasteiger partial charge < -0.3 is 5.73 Å². The predicted molar refractivity (Wildman–Crippen MR) is 65.1 cm³/mol. The fraction of sp³-hybridized carbons (Fsp3) is 0.846. The summed E-state index contributed by atoms with van der Waals surface area (Å²) in [4.78, 5) is 25.7. The number of amides is 2. The molecule has 4 nitrogen and oxygen atoms in total. The molecule has 1 aliphatic carbocycles. The van der Waals surface area contributed by atoms with Gasteiger partial charge in [0.15, 0.2) is 0 Å². The van der Waals surface area contributed by atoms with E-state index in [1.807, 2.05) is 13.8 Å². The molecule has 2 amide bonds. The van der Waals surface area contributed by atoms with Gasteiger partial charge in [-0.15, -0.1) is 0 Å². The highest BCUT2D eigenvalue weighted by Crippen LogP contribution is 2.34. The maximum Gasteiger partial charge on any atom is 0.230 e. The van der Waals surface area contributed by atoms with Crippen molar-refractivity contribution in [1.82, 2.24) is 4.90 Å². The molecule has 2 fully saturated rings. The topological polar surface area (TPSA) is 63.4 Å². The second kappa shape index (κ2) is 4.41. The molecule has 1 saturated carbocycles. The lowest BCUT2D eigenvalue weighted by Gasteiger charge is -2.42. The Labute approximate surface area is 103 Å². The molecular weight excluding hydrogens is 216 g/mol. The van der Waals surface area contributed by atoms with Gasteiger partial charge in [-0.25, -0.2) is 0 Å². The van der Waals surface area contributed by atoms with Crippen LogP contribution in [0, 0.1) is 5.41 Å². The van der Waals surface area contributed by atoms with Crippen molar-refractivity contribution in [1.29, 1.82) is 0 Å². The van der Waals surface area contributed by atoms with Crippen molar-refractivity contribution >= 4 is 11.8 Å². The summed E-state index contributed by atoms with van der Waals surface area (Å²) in [7, 11) is 0. The number of hydrogen-bond donors (Lipinski definition) is 1. The minimum atomic E-state index is -0.191. The van der Waals surface area contributed by atoms with Crippen molar-refractivity contribution in [2.45, 2.75) is 64.5 Å². The van der Waals surface area contributed by atoms with Crippen LogP contribution in [0.5, 0.6) is 0 Å². The lowest BCUT2D eigenvalue weighted by atomic mass is 9.79. The Morgan fingerprint density at radius 1 is 1.12 bits per heavy atom. The molecule has 17 heavy (non-hydrogen) atoms. The van der Waals surface area contributed by atoms with E-state index in [1.54, 1.807) is 0 Å². The van der Waals surface area contributed by atoms with E-state index in [9.17, 15) is 9.59 Å². The largest absolute Gasteiger partial charge is 0.326 e.